The van der Waals surface area contributed by atoms with Gasteiger partial charge in [0.05, 0.1) is 45.8 Å². The lowest BCUT2D eigenvalue weighted by atomic mass is 9.98. The molecular weight excluding hydrogens is 869 g/mol. The topological polar surface area (TPSA) is 190 Å². The summed E-state index contributed by atoms with van der Waals surface area (Å²) in [4.78, 5) is 67.0. The Morgan fingerprint density at radius 2 is 1.16 bits per heavy atom. The summed E-state index contributed by atoms with van der Waals surface area (Å²) in [6.45, 7) is 21.1. The van der Waals surface area contributed by atoms with Crippen molar-refractivity contribution < 1.29 is 9.59 Å². The number of nitrogens with one attached hydrogen (secondary N) is 5. The van der Waals surface area contributed by atoms with E-state index in [0.717, 1.165) is 77.6 Å². The van der Waals surface area contributed by atoms with Crippen LogP contribution in [0.5, 0.6) is 0 Å². The molecule has 18 heteroatoms. The quantitative estimate of drug-likeness (QED) is 0.116. The third-order valence-electron chi connectivity index (χ3n) is 13.8. The minimum atomic E-state index is -0.238. The predicted molar refractivity (Wildman–Crippen MR) is 274 cm³/mol. The Balaban J connectivity index is 1.04. The van der Waals surface area contributed by atoms with Crippen LogP contribution in [-0.4, -0.2) is 133 Å². The highest BCUT2D eigenvalue weighted by Gasteiger charge is 2.35. The second kappa shape index (κ2) is 17.2. The molecule has 0 aliphatic carbocycles. The first-order valence-electron chi connectivity index (χ1n) is 24.6. The number of anilines is 4. The van der Waals surface area contributed by atoms with Gasteiger partial charge >= 0.3 is 0 Å². The molecule has 69 heavy (non-hydrogen) atoms. The number of rotatable bonds is 9. The van der Waals surface area contributed by atoms with Gasteiger partial charge in [0.25, 0.3) is 11.8 Å². The molecule has 5 atom stereocenters. The van der Waals surface area contributed by atoms with Crippen LogP contribution in [-0.2, 0) is 0 Å². The van der Waals surface area contributed by atoms with Gasteiger partial charge in [0, 0.05) is 88.5 Å². The van der Waals surface area contributed by atoms with Crippen molar-refractivity contribution in [2.24, 2.45) is 0 Å². The molecule has 9 heterocycles. The molecule has 3 aliphatic heterocycles. The number of amides is 2. The molecule has 0 radical (unpaired) electrons. The Kier molecular flexibility index (Phi) is 11.1. The van der Waals surface area contributed by atoms with E-state index in [9.17, 15) is 9.59 Å². The molecule has 358 valence electrons. The number of para-hydroxylation sites is 2. The Bertz CT molecular complexity index is 3320. The molecule has 1 unspecified atom stereocenters. The maximum Gasteiger partial charge on any atom is 0.257 e. The number of benzene rings is 2. The smallest absolute Gasteiger partial charge is 0.257 e. The van der Waals surface area contributed by atoms with E-state index < -0.39 is 0 Å². The van der Waals surface area contributed by atoms with E-state index in [1.54, 1.807) is 0 Å². The molecule has 18 nitrogen and oxygen atoms in total. The molecule has 0 saturated carbocycles. The van der Waals surface area contributed by atoms with Crippen LogP contribution in [0, 0.1) is 0 Å². The molecule has 0 spiro atoms. The van der Waals surface area contributed by atoms with Crippen LogP contribution in [0.4, 0.5) is 23.0 Å². The number of fused-ring (bicyclic) bond motifs is 10. The van der Waals surface area contributed by atoms with Gasteiger partial charge in [-0.2, -0.15) is 0 Å². The molecule has 6 aromatic heterocycles. The maximum absolute atomic E-state index is 14.6. The monoisotopic (exact) mass is 931 g/mol. The molecular formula is C51H62N16O2. The molecule has 5 N–H and O–H groups in total. The summed E-state index contributed by atoms with van der Waals surface area (Å²) >= 11 is 0. The van der Waals surface area contributed by atoms with Gasteiger partial charge in [0.15, 0.2) is 22.6 Å². The summed E-state index contributed by atoms with van der Waals surface area (Å²) in [6, 6.07) is 15.3. The lowest BCUT2D eigenvalue weighted by molar-refractivity contribution is 0.0936. The number of hydrogen-bond acceptors (Lipinski definition) is 14. The van der Waals surface area contributed by atoms with E-state index in [2.05, 4.69) is 87.2 Å². The van der Waals surface area contributed by atoms with E-state index in [1.165, 1.54) is 0 Å². The van der Waals surface area contributed by atoms with Crippen molar-refractivity contribution >= 4 is 90.5 Å². The van der Waals surface area contributed by atoms with Gasteiger partial charge in [0.1, 0.15) is 33.8 Å². The third kappa shape index (κ3) is 7.73. The van der Waals surface area contributed by atoms with Crippen molar-refractivity contribution in [2.75, 3.05) is 66.3 Å². The van der Waals surface area contributed by atoms with Crippen LogP contribution >= 0.6 is 0 Å². The largest absolute Gasteiger partial charge is 0.385 e. The molecule has 2 amide bonds. The van der Waals surface area contributed by atoms with Crippen LogP contribution in [0.15, 0.2) is 54.9 Å². The van der Waals surface area contributed by atoms with Gasteiger partial charge in [-0.15, -0.1) is 0 Å². The molecule has 0 bridgehead atoms. The second-order valence-corrected chi connectivity index (χ2v) is 20.2. The Morgan fingerprint density at radius 1 is 0.623 bits per heavy atom. The fourth-order valence-electron chi connectivity index (χ4n) is 11.2. The second-order valence-electron chi connectivity index (χ2n) is 20.2. The number of pyridine rings is 2. The predicted octanol–water partition coefficient (Wildman–Crippen LogP) is 5.86. The van der Waals surface area contributed by atoms with Crippen molar-refractivity contribution in [2.45, 2.75) is 104 Å². The minimum absolute atomic E-state index is 0.0813. The first-order chi connectivity index (χ1) is 33.2. The molecule has 8 aromatic rings. The summed E-state index contributed by atoms with van der Waals surface area (Å²) in [5.74, 6) is 1.21. The van der Waals surface area contributed by atoms with Crippen molar-refractivity contribution in [3.63, 3.8) is 0 Å². The zero-order valence-electron chi connectivity index (χ0n) is 40.9. The van der Waals surface area contributed by atoms with Crippen molar-refractivity contribution in [1.82, 2.24) is 60.0 Å². The van der Waals surface area contributed by atoms with Crippen LogP contribution in [0.3, 0.4) is 0 Å². The highest BCUT2D eigenvalue weighted by atomic mass is 16.2. The standard InChI is InChI=1S/C51H62N16O2/c1-26(2)55-50(68)40-42(52-9)43-48(61-38(19-53-43)64-21-28(5)57-29(6)22-64)67-37-15-14-32(18-35(37)60-46(40)67)33-16-17-63(25-33)45-41(51(69)56-27(3)4)47-59-34-12-10-11-13-36(34)66(47)49-44(45)54-20-39(62-49)65-23-30(7)58-31(8)24-65/h10-15,18-20,26-31,33,52,57-58H,16-17,21-25H2,1-9H3,(H,55,68)(H,56,69)/t28-,29+,30-,31+,33?. The summed E-state index contributed by atoms with van der Waals surface area (Å²) in [7, 11) is 1.81. The normalized spacial score (nSPS) is 21.3. The van der Waals surface area contributed by atoms with Gasteiger partial charge in [-0.3, -0.25) is 18.4 Å². The van der Waals surface area contributed by atoms with Crippen molar-refractivity contribution in [1.29, 1.82) is 0 Å². The zero-order valence-corrected chi connectivity index (χ0v) is 40.9. The van der Waals surface area contributed by atoms with E-state index in [4.69, 9.17) is 29.9 Å². The molecule has 3 saturated heterocycles. The SMILES string of the molecule is CNc1c(C(=O)NC(C)C)c2nc3cc(C4CCN(c5c(C(=O)NC(C)C)c6nc7ccccc7n6c6nc(N7C[C@@H](C)N[C@@H](C)C7)cnc56)C4)ccc3n2c2nc(N3C[C@@H](C)N[C@@H](C)C3)cnc12. The van der Waals surface area contributed by atoms with E-state index in [1.807, 2.05) is 80.2 Å². The number of carbonyl (C=O) groups excluding carboxylic acids is 2. The Hall–Kier alpha value is -6.92. The van der Waals surface area contributed by atoms with Crippen LogP contribution < -0.4 is 41.3 Å². The fourth-order valence-corrected chi connectivity index (χ4v) is 11.2. The molecule has 11 rings (SSSR count). The van der Waals surface area contributed by atoms with Crippen LogP contribution in [0.25, 0.3) is 55.7 Å². The molecule has 3 aliphatic rings. The summed E-state index contributed by atoms with van der Waals surface area (Å²) in [6.07, 6.45) is 4.51. The van der Waals surface area contributed by atoms with Crippen molar-refractivity contribution in [3.8, 4) is 0 Å². The summed E-state index contributed by atoms with van der Waals surface area (Å²) in [5.41, 5.74) is 10.1. The minimum Gasteiger partial charge on any atom is -0.385 e. The number of hydrogen-bond donors (Lipinski definition) is 5. The van der Waals surface area contributed by atoms with Gasteiger partial charge in [-0.25, -0.2) is 29.9 Å². The van der Waals surface area contributed by atoms with Crippen LogP contribution in [0.1, 0.15) is 94.0 Å². The van der Waals surface area contributed by atoms with Gasteiger partial charge in [-0.05, 0) is 91.6 Å². The van der Waals surface area contributed by atoms with E-state index >= 15 is 0 Å². The number of carbonyl (C=O) groups is 2. The Morgan fingerprint density at radius 3 is 1.77 bits per heavy atom. The highest BCUT2D eigenvalue weighted by Crippen LogP contribution is 2.41. The highest BCUT2D eigenvalue weighted by molar-refractivity contribution is 6.14. The number of nitrogens with zero attached hydrogens (tertiary/aromatic N) is 11. The summed E-state index contributed by atoms with van der Waals surface area (Å²) in [5, 5.41) is 16.9. The fraction of sp³-hybridized carbons (Fsp3) is 0.451. The molecule has 2 aromatic carbocycles. The number of aromatic nitrogens is 8. The average molecular weight is 931 g/mol. The first kappa shape index (κ1) is 44.6. The maximum atomic E-state index is 14.6. The lowest BCUT2D eigenvalue weighted by Crippen LogP contribution is -2.54. The first-order valence-corrected chi connectivity index (χ1v) is 24.6. The number of piperazine rings is 2. The Labute approximate surface area is 400 Å². The van der Waals surface area contributed by atoms with E-state index in [-0.39, 0.29) is 54.0 Å². The van der Waals surface area contributed by atoms with Gasteiger partial charge < -0.3 is 41.3 Å². The average Bonchev–Trinajstić information content (AvgIpc) is 4.05. The lowest BCUT2D eigenvalue weighted by Gasteiger charge is -2.36. The molecule has 3 fully saturated rings. The van der Waals surface area contributed by atoms with Gasteiger partial charge in [0.2, 0.25) is 0 Å². The van der Waals surface area contributed by atoms with E-state index in [0.29, 0.717) is 63.5 Å². The van der Waals surface area contributed by atoms with Gasteiger partial charge in [-0.1, -0.05) is 18.2 Å². The number of imidazole rings is 2. The third-order valence-corrected chi connectivity index (χ3v) is 13.8. The van der Waals surface area contributed by atoms with Crippen molar-refractivity contribution in [3.05, 3.63) is 71.5 Å². The van der Waals surface area contributed by atoms with Crippen LogP contribution in [0.2, 0.25) is 0 Å². The summed E-state index contributed by atoms with van der Waals surface area (Å²) < 4.78 is 4.03. The zero-order chi connectivity index (χ0) is 48.0.